The maximum absolute atomic E-state index is 5.41. The van der Waals surface area contributed by atoms with Crippen LogP contribution >= 0.6 is 12.4 Å². The Balaban J connectivity index is 0.00000121. The van der Waals surface area contributed by atoms with Crippen LogP contribution in [0.3, 0.4) is 0 Å². The Bertz CT molecular complexity index is 122. The lowest BCUT2D eigenvalue weighted by molar-refractivity contribution is -0.0172. The average Bonchev–Trinajstić information content (AvgIpc) is 2.06. The Morgan fingerprint density at radius 2 is 2.00 bits per heavy atom. The third kappa shape index (κ3) is 2.92. The maximum atomic E-state index is 5.41. The highest BCUT2D eigenvalue weighted by Crippen LogP contribution is 2.21. The number of halogens is 1. The third-order valence-corrected chi connectivity index (χ3v) is 2.68. The van der Waals surface area contributed by atoms with Gasteiger partial charge in [0.15, 0.2) is 0 Å². The minimum absolute atomic E-state index is 0. The van der Waals surface area contributed by atoms with E-state index in [9.17, 15) is 0 Å². The summed E-state index contributed by atoms with van der Waals surface area (Å²) in [5.74, 6) is 0. The fourth-order valence-electron chi connectivity index (χ4n) is 1.59. The van der Waals surface area contributed by atoms with E-state index in [2.05, 4.69) is 19.2 Å². The summed E-state index contributed by atoms with van der Waals surface area (Å²) >= 11 is 0. The van der Waals surface area contributed by atoms with Crippen LogP contribution in [0.1, 0.15) is 33.1 Å². The van der Waals surface area contributed by atoms with Crippen LogP contribution < -0.4 is 5.32 Å². The van der Waals surface area contributed by atoms with Crippen LogP contribution in [0.2, 0.25) is 0 Å². The first kappa shape index (κ1) is 12.2. The van der Waals surface area contributed by atoms with Gasteiger partial charge in [-0.05, 0) is 33.2 Å². The standard InChI is InChI=1S/C9H19NO.ClH/c1-9(2,11-3)8-6-4-5-7-10-8;/h8,10H,4-7H2,1-3H3;1H/t8-;/m1./s1. The SMILES string of the molecule is COC(C)(C)[C@H]1CCCCN1.Cl. The molecule has 1 heterocycles. The zero-order valence-electron chi connectivity index (χ0n) is 8.22. The highest BCUT2D eigenvalue weighted by Gasteiger charge is 2.29. The van der Waals surface area contributed by atoms with Crippen molar-refractivity contribution in [2.75, 3.05) is 13.7 Å². The molecule has 0 aliphatic carbocycles. The van der Waals surface area contributed by atoms with Gasteiger partial charge < -0.3 is 10.1 Å². The fraction of sp³-hybridized carbons (Fsp3) is 1.00. The lowest BCUT2D eigenvalue weighted by atomic mass is 9.91. The van der Waals surface area contributed by atoms with Crippen LogP contribution in [-0.4, -0.2) is 25.3 Å². The summed E-state index contributed by atoms with van der Waals surface area (Å²) in [7, 11) is 1.79. The van der Waals surface area contributed by atoms with Gasteiger partial charge in [-0.25, -0.2) is 0 Å². The Morgan fingerprint density at radius 3 is 2.42 bits per heavy atom. The molecule has 1 N–H and O–H groups in total. The molecule has 1 fully saturated rings. The van der Waals surface area contributed by atoms with Crippen molar-refractivity contribution < 1.29 is 4.74 Å². The van der Waals surface area contributed by atoms with Gasteiger partial charge in [0.1, 0.15) is 0 Å². The van der Waals surface area contributed by atoms with Gasteiger partial charge in [-0.2, -0.15) is 0 Å². The minimum Gasteiger partial charge on any atom is -0.377 e. The molecule has 0 radical (unpaired) electrons. The molecular formula is C9H20ClNO. The van der Waals surface area contributed by atoms with Crippen LogP contribution in [-0.2, 0) is 4.74 Å². The molecule has 0 aromatic heterocycles. The first-order valence-corrected chi connectivity index (χ1v) is 4.45. The Labute approximate surface area is 81.5 Å². The normalized spacial score (nSPS) is 24.8. The van der Waals surface area contributed by atoms with E-state index in [1.807, 2.05) is 0 Å². The highest BCUT2D eigenvalue weighted by molar-refractivity contribution is 5.85. The van der Waals surface area contributed by atoms with Crippen LogP contribution in [0.15, 0.2) is 0 Å². The van der Waals surface area contributed by atoms with Crippen molar-refractivity contribution in [3.8, 4) is 0 Å². The maximum Gasteiger partial charge on any atom is 0.0774 e. The van der Waals surface area contributed by atoms with Gasteiger partial charge in [-0.1, -0.05) is 6.42 Å². The molecule has 0 aromatic rings. The van der Waals surface area contributed by atoms with E-state index in [0.29, 0.717) is 6.04 Å². The molecule has 0 amide bonds. The van der Waals surface area contributed by atoms with Crippen molar-refractivity contribution in [3.63, 3.8) is 0 Å². The van der Waals surface area contributed by atoms with E-state index in [1.54, 1.807) is 7.11 Å². The molecule has 2 nitrogen and oxygen atoms in total. The van der Waals surface area contributed by atoms with E-state index in [1.165, 1.54) is 19.3 Å². The second kappa shape index (κ2) is 5.05. The lowest BCUT2D eigenvalue weighted by Gasteiger charge is -2.36. The van der Waals surface area contributed by atoms with Crippen molar-refractivity contribution in [3.05, 3.63) is 0 Å². The smallest absolute Gasteiger partial charge is 0.0774 e. The zero-order valence-corrected chi connectivity index (χ0v) is 9.04. The lowest BCUT2D eigenvalue weighted by Crippen LogP contribution is -2.50. The van der Waals surface area contributed by atoms with Crippen molar-refractivity contribution in [1.29, 1.82) is 0 Å². The predicted octanol–water partition coefficient (Wildman–Crippen LogP) is 1.98. The summed E-state index contributed by atoms with van der Waals surface area (Å²) in [4.78, 5) is 0. The van der Waals surface area contributed by atoms with Gasteiger partial charge in [0.05, 0.1) is 5.60 Å². The zero-order chi connectivity index (χ0) is 8.32. The van der Waals surface area contributed by atoms with E-state index in [-0.39, 0.29) is 18.0 Å². The van der Waals surface area contributed by atoms with Crippen LogP contribution in [0, 0.1) is 0 Å². The second-order valence-electron chi connectivity index (χ2n) is 3.81. The van der Waals surface area contributed by atoms with Gasteiger partial charge in [-0.15, -0.1) is 12.4 Å². The number of nitrogens with one attached hydrogen (secondary N) is 1. The molecule has 0 bridgehead atoms. The van der Waals surface area contributed by atoms with Gasteiger partial charge >= 0.3 is 0 Å². The summed E-state index contributed by atoms with van der Waals surface area (Å²) < 4.78 is 5.41. The van der Waals surface area contributed by atoms with Crippen molar-refractivity contribution in [2.24, 2.45) is 0 Å². The summed E-state index contributed by atoms with van der Waals surface area (Å²) in [5, 5.41) is 3.49. The van der Waals surface area contributed by atoms with Gasteiger partial charge in [0, 0.05) is 13.2 Å². The Morgan fingerprint density at radius 1 is 1.33 bits per heavy atom. The molecule has 0 spiro atoms. The Kier molecular flexibility index (Phi) is 5.14. The number of rotatable bonds is 2. The molecule has 1 atom stereocenters. The van der Waals surface area contributed by atoms with E-state index in [4.69, 9.17) is 4.74 Å². The van der Waals surface area contributed by atoms with Crippen LogP contribution in [0.25, 0.3) is 0 Å². The summed E-state index contributed by atoms with van der Waals surface area (Å²) in [6, 6.07) is 0.543. The molecule has 12 heavy (non-hydrogen) atoms. The topological polar surface area (TPSA) is 21.3 Å². The molecule has 1 rings (SSSR count). The molecule has 0 saturated carbocycles. The number of ether oxygens (including phenoxy) is 1. The van der Waals surface area contributed by atoms with E-state index >= 15 is 0 Å². The predicted molar refractivity (Wildman–Crippen MR) is 54.0 cm³/mol. The molecule has 3 heteroatoms. The van der Waals surface area contributed by atoms with Gasteiger partial charge in [0.25, 0.3) is 0 Å². The molecule has 1 aliphatic rings. The third-order valence-electron chi connectivity index (χ3n) is 2.68. The number of hydrogen-bond donors (Lipinski definition) is 1. The number of hydrogen-bond acceptors (Lipinski definition) is 2. The molecule has 1 saturated heterocycles. The van der Waals surface area contributed by atoms with Crippen molar-refractivity contribution in [2.45, 2.75) is 44.8 Å². The number of methoxy groups -OCH3 is 1. The molecular weight excluding hydrogens is 174 g/mol. The average molecular weight is 194 g/mol. The Hall–Kier alpha value is 0.210. The summed E-state index contributed by atoms with van der Waals surface area (Å²) in [5.41, 5.74) is 0.000417. The number of piperidine rings is 1. The molecule has 0 unspecified atom stereocenters. The minimum atomic E-state index is 0. The first-order valence-electron chi connectivity index (χ1n) is 4.45. The highest BCUT2D eigenvalue weighted by atomic mass is 35.5. The quantitative estimate of drug-likeness (QED) is 0.724. The second-order valence-corrected chi connectivity index (χ2v) is 3.81. The first-order chi connectivity index (χ1) is 5.17. The summed E-state index contributed by atoms with van der Waals surface area (Å²) in [6.07, 6.45) is 3.90. The van der Waals surface area contributed by atoms with Crippen molar-refractivity contribution >= 4 is 12.4 Å². The van der Waals surface area contributed by atoms with E-state index < -0.39 is 0 Å². The summed E-state index contributed by atoms with van der Waals surface area (Å²) in [6.45, 7) is 5.45. The molecule has 74 valence electrons. The van der Waals surface area contributed by atoms with Crippen LogP contribution in [0.4, 0.5) is 0 Å². The van der Waals surface area contributed by atoms with Gasteiger partial charge in [0.2, 0.25) is 0 Å². The van der Waals surface area contributed by atoms with Gasteiger partial charge in [-0.3, -0.25) is 0 Å². The molecule has 0 aromatic carbocycles. The van der Waals surface area contributed by atoms with E-state index in [0.717, 1.165) is 6.54 Å². The molecule has 1 aliphatic heterocycles. The van der Waals surface area contributed by atoms with Crippen LogP contribution in [0.5, 0.6) is 0 Å². The largest absolute Gasteiger partial charge is 0.377 e. The monoisotopic (exact) mass is 193 g/mol. The van der Waals surface area contributed by atoms with Crippen molar-refractivity contribution in [1.82, 2.24) is 5.32 Å². The fourth-order valence-corrected chi connectivity index (χ4v) is 1.59.